The average molecular weight is 499 g/mol. The first-order valence-electron chi connectivity index (χ1n) is 11.3. The van der Waals surface area contributed by atoms with Gasteiger partial charge in [0.2, 0.25) is 5.91 Å². The SMILES string of the molecule is COc1ccc(C2(C(=O)Nc3ccc(C(=O)Nc4cccc(C(F)(F)F)c4)cc3)CCOCC2)cc1. The minimum atomic E-state index is -4.51. The van der Waals surface area contributed by atoms with Gasteiger partial charge in [-0.1, -0.05) is 18.2 Å². The number of halogens is 3. The van der Waals surface area contributed by atoms with Gasteiger partial charge in [0.1, 0.15) is 5.75 Å². The molecule has 3 aromatic rings. The van der Waals surface area contributed by atoms with Crippen molar-refractivity contribution in [3.63, 3.8) is 0 Å². The van der Waals surface area contributed by atoms with Crippen molar-refractivity contribution in [1.82, 2.24) is 0 Å². The first kappa shape index (κ1) is 25.2. The van der Waals surface area contributed by atoms with E-state index in [1.807, 2.05) is 24.3 Å². The fourth-order valence-electron chi connectivity index (χ4n) is 4.21. The van der Waals surface area contributed by atoms with Gasteiger partial charge in [-0.3, -0.25) is 9.59 Å². The Hall–Kier alpha value is -3.85. The fraction of sp³-hybridized carbons (Fsp3) is 0.259. The van der Waals surface area contributed by atoms with Crippen molar-refractivity contribution in [3.05, 3.63) is 89.5 Å². The smallest absolute Gasteiger partial charge is 0.416 e. The summed E-state index contributed by atoms with van der Waals surface area (Å²) in [5.41, 5.74) is 0.00676. The highest BCUT2D eigenvalue weighted by atomic mass is 19.4. The average Bonchev–Trinajstić information content (AvgIpc) is 2.89. The van der Waals surface area contributed by atoms with Crippen molar-refractivity contribution in [3.8, 4) is 5.75 Å². The van der Waals surface area contributed by atoms with E-state index in [9.17, 15) is 22.8 Å². The predicted octanol–water partition coefficient (Wildman–Crippen LogP) is 5.65. The van der Waals surface area contributed by atoms with Crippen LogP contribution in [0.5, 0.6) is 5.75 Å². The summed E-state index contributed by atoms with van der Waals surface area (Å²) in [4.78, 5) is 26.0. The van der Waals surface area contributed by atoms with Crippen LogP contribution in [0.3, 0.4) is 0 Å². The van der Waals surface area contributed by atoms with Crippen molar-refractivity contribution in [2.45, 2.75) is 24.4 Å². The molecule has 0 aliphatic carbocycles. The summed E-state index contributed by atoms with van der Waals surface area (Å²) in [6.45, 7) is 0.905. The molecule has 36 heavy (non-hydrogen) atoms. The lowest BCUT2D eigenvalue weighted by Crippen LogP contribution is -2.44. The maximum atomic E-state index is 13.4. The Kier molecular flexibility index (Phi) is 7.30. The largest absolute Gasteiger partial charge is 0.497 e. The third-order valence-corrected chi connectivity index (χ3v) is 6.28. The van der Waals surface area contributed by atoms with Crippen molar-refractivity contribution in [1.29, 1.82) is 0 Å². The highest BCUT2D eigenvalue weighted by Gasteiger charge is 2.41. The zero-order chi connectivity index (χ0) is 25.8. The Labute approximate surface area is 206 Å². The van der Waals surface area contributed by atoms with Crippen LogP contribution < -0.4 is 15.4 Å². The van der Waals surface area contributed by atoms with Gasteiger partial charge in [0.15, 0.2) is 0 Å². The van der Waals surface area contributed by atoms with E-state index in [1.165, 1.54) is 24.3 Å². The molecule has 188 valence electrons. The fourth-order valence-corrected chi connectivity index (χ4v) is 4.21. The van der Waals surface area contributed by atoms with E-state index in [2.05, 4.69) is 10.6 Å². The number of carbonyl (C=O) groups excluding carboxylic acids is 2. The molecule has 0 atom stereocenters. The van der Waals surface area contributed by atoms with Crippen molar-refractivity contribution in [2.24, 2.45) is 0 Å². The van der Waals surface area contributed by atoms with Gasteiger partial charge in [-0.15, -0.1) is 0 Å². The number of benzene rings is 3. The third kappa shape index (κ3) is 5.52. The second kappa shape index (κ2) is 10.4. The van der Waals surface area contributed by atoms with E-state index in [1.54, 1.807) is 19.2 Å². The van der Waals surface area contributed by atoms with Crippen LogP contribution in [0.1, 0.15) is 34.3 Å². The van der Waals surface area contributed by atoms with E-state index >= 15 is 0 Å². The number of hydrogen-bond acceptors (Lipinski definition) is 4. The maximum Gasteiger partial charge on any atom is 0.416 e. The molecule has 2 N–H and O–H groups in total. The molecule has 4 rings (SSSR count). The van der Waals surface area contributed by atoms with Gasteiger partial charge in [-0.25, -0.2) is 0 Å². The number of carbonyl (C=O) groups is 2. The molecule has 0 saturated carbocycles. The van der Waals surface area contributed by atoms with Crippen LogP contribution in [0.2, 0.25) is 0 Å². The lowest BCUT2D eigenvalue weighted by Gasteiger charge is -2.36. The highest BCUT2D eigenvalue weighted by molar-refractivity contribution is 6.05. The van der Waals surface area contributed by atoms with Crippen LogP contribution in [-0.4, -0.2) is 32.1 Å². The number of amides is 2. The molecule has 6 nitrogen and oxygen atoms in total. The second-order valence-electron chi connectivity index (χ2n) is 8.49. The molecule has 0 radical (unpaired) electrons. The van der Waals surface area contributed by atoms with E-state index in [4.69, 9.17) is 9.47 Å². The van der Waals surface area contributed by atoms with Gasteiger partial charge >= 0.3 is 6.18 Å². The summed E-state index contributed by atoms with van der Waals surface area (Å²) in [6.07, 6.45) is -3.47. The van der Waals surface area contributed by atoms with E-state index in [-0.39, 0.29) is 17.2 Å². The van der Waals surface area contributed by atoms with Crippen LogP contribution in [0, 0.1) is 0 Å². The van der Waals surface area contributed by atoms with Crippen LogP contribution in [0.4, 0.5) is 24.5 Å². The number of hydrogen-bond donors (Lipinski definition) is 2. The minimum Gasteiger partial charge on any atom is -0.497 e. The van der Waals surface area contributed by atoms with E-state index in [0.717, 1.165) is 17.7 Å². The Morgan fingerprint density at radius 3 is 2.17 bits per heavy atom. The van der Waals surface area contributed by atoms with Gasteiger partial charge in [0.05, 0.1) is 18.1 Å². The third-order valence-electron chi connectivity index (χ3n) is 6.28. The lowest BCUT2D eigenvalue weighted by atomic mass is 9.73. The van der Waals surface area contributed by atoms with Gasteiger partial charge in [0, 0.05) is 30.2 Å². The number of alkyl halides is 3. The van der Waals surface area contributed by atoms with Gasteiger partial charge in [-0.05, 0) is 73.0 Å². The molecule has 3 aromatic carbocycles. The zero-order valence-corrected chi connectivity index (χ0v) is 19.5. The topological polar surface area (TPSA) is 76.7 Å². The van der Waals surface area contributed by atoms with Gasteiger partial charge < -0.3 is 20.1 Å². The molecule has 0 spiro atoms. The Morgan fingerprint density at radius 1 is 0.889 bits per heavy atom. The van der Waals surface area contributed by atoms with Crippen LogP contribution in [-0.2, 0) is 21.1 Å². The molecule has 2 amide bonds. The summed E-state index contributed by atoms with van der Waals surface area (Å²) < 4.78 is 49.5. The summed E-state index contributed by atoms with van der Waals surface area (Å²) in [6, 6.07) is 18.0. The molecule has 0 bridgehead atoms. The zero-order valence-electron chi connectivity index (χ0n) is 19.5. The summed E-state index contributed by atoms with van der Waals surface area (Å²) in [7, 11) is 1.58. The molecule has 0 aromatic heterocycles. The minimum absolute atomic E-state index is 0.0353. The molecule has 1 aliphatic heterocycles. The Balaban J connectivity index is 1.47. The number of ether oxygens (including phenoxy) is 2. The first-order chi connectivity index (χ1) is 17.2. The second-order valence-corrected chi connectivity index (χ2v) is 8.49. The summed E-state index contributed by atoms with van der Waals surface area (Å²) >= 11 is 0. The number of nitrogens with one attached hydrogen (secondary N) is 2. The van der Waals surface area contributed by atoms with Crippen molar-refractivity contribution in [2.75, 3.05) is 31.0 Å². The Bertz CT molecular complexity index is 1220. The Morgan fingerprint density at radius 2 is 1.56 bits per heavy atom. The number of methoxy groups -OCH3 is 1. The van der Waals surface area contributed by atoms with E-state index in [0.29, 0.717) is 37.5 Å². The van der Waals surface area contributed by atoms with Crippen LogP contribution >= 0.6 is 0 Å². The monoisotopic (exact) mass is 498 g/mol. The molecule has 1 saturated heterocycles. The van der Waals surface area contributed by atoms with Crippen LogP contribution in [0.25, 0.3) is 0 Å². The molecule has 9 heteroatoms. The number of anilines is 2. The highest BCUT2D eigenvalue weighted by Crippen LogP contribution is 2.37. The number of rotatable bonds is 6. The molecular formula is C27H25F3N2O4. The predicted molar refractivity (Wildman–Crippen MR) is 129 cm³/mol. The normalized spacial score (nSPS) is 15.1. The molecule has 1 fully saturated rings. The summed E-state index contributed by atoms with van der Waals surface area (Å²) in [5, 5.41) is 5.41. The molecule has 0 unspecified atom stereocenters. The summed E-state index contributed by atoms with van der Waals surface area (Å²) in [5.74, 6) is -0.0520. The van der Waals surface area contributed by atoms with Crippen molar-refractivity contribution >= 4 is 23.2 Å². The lowest BCUT2D eigenvalue weighted by molar-refractivity contribution is -0.137. The molecular weight excluding hydrogens is 473 g/mol. The standard InChI is InChI=1S/C27H25F3N2O4/c1-35-23-11-7-19(8-12-23)26(13-15-36-16-14-26)25(34)32-21-9-5-18(6-10-21)24(33)31-22-4-2-3-20(17-22)27(28,29)30/h2-12,17H,13-16H2,1H3,(H,31,33)(H,32,34). The van der Waals surface area contributed by atoms with Gasteiger partial charge in [-0.2, -0.15) is 13.2 Å². The van der Waals surface area contributed by atoms with Gasteiger partial charge in [0.25, 0.3) is 5.91 Å². The van der Waals surface area contributed by atoms with Crippen molar-refractivity contribution < 1.29 is 32.2 Å². The molecule has 1 aliphatic rings. The molecule has 1 heterocycles. The quantitative estimate of drug-likeness (QED) is 0.460. The maximum absolute atomic E-state index is 13.4. The van der Waals surface area contributed by atoms with E-state index < -0.39 is 23.1 Å². The van der Waals surface area contributed by atoms with Crippen LogP contribution in [0.15, 0.2) is 72.8 Å². The first-order valence-corrected chi connectivity index (χ1v) is 11.3.